The molecule has 1 saturated carbocycles. The second kappa shape index (κ2) is 9.49. The van der Waals surface area contributed by atoms with Crippen molar-refractivity contribution in [1.82, 2.24) is 24.9 Å². The molecule has 2 unspecified atom stereocenters. The summed E-state index contributed by atoms with van der Waals surface area (Å²) in [6, 6.07) is 7.40. The molecule has 1 saturated heterocycles. The van der Waals surface area contributed by atoms with Gasteiger partial charge in [0.2, 0.25) is 11.9 Å². The summed E-state index contributed by atoms with van der Waals surface area (Å²) in [6.07, 6.45) is 3.20. The van der Waals surface area contributed by atoms with Gasteiger partial charge in [-0.05, 0) is 31.4 Å². The molecule has 2 atom stereocenters. The maximum Gasteiger partial charge on any atom is 0.247 e. The predicted molar refractivity (Wildman–Crippen MR) is 132 cm³/mol. The molecular formula is C23H23ClN10O2. The Kier molecular flexibility index (Phi) is 6.22. The highest BCUT2D eigenvalue weighted by atomic mass is 35.5. The van der Waals surface area contributed by atoms with Crippen LogP contribution >= 0.6 is 11.6 Å². The highest BCUT2D eigenvalue weighted by Crippen LogP contribution is 2.37. The number of anilines is 4. The third-order valence-corrected chi connectivity index (χ3v) is 6.53. The highest BCUT2D eigenvalue weighted by Gasteiger charge is 2.30. The number of nitriles is 2. The van der Waals surface area contributed by atoms with Crippen LogP contribution in [0.3, 0.4) is 0 Å². The van der Waals surface area contributed by atoms with Gasteiger partial charge in [0, 0.05) is 26.1 Å². The van der Waals surface area contributed by atoms with E-state index in [0.717, 1.165) is 12.8 Å². The zero-order valence-electron chi connectivity index (χ0n) is 19.4. The van der Waals surface area contributed by atoms with E-state index in [2.05, 4.69) is 43.2 Å². The summed E-state index contributed by atoms with van der Waals surface area (Å²) in [4.78, 5) is 22.1. The summed E-state index contributed by atoms with van der Waals surface area (Å²) in [5.41, 5.74) is 2.02. The Hall–Kier alpha value is -4.13. The van der Waals surface area contributed by atoms with Crippen LogP contribution in [0, 0.1) is 22.7 Å². The molecule has 0 spiro atoms. The molecule has 2 aromatic heterocycles. The van der Waals surface area contributed by atoms with Crippen molar-refractivity contribution in [3.05, 3.63) is 34.6 Å². The molecule has 1 aliphatic carbocycles. The van der Waals surface area contributed by atoms with Crippen LogP contribution in [-0.2, 0) is 4.79 Å². The SMILES string of the molecule is CC(=O)NC1CCN(c2cc(C#N)cc(Nc3nc(NC4CC4)c4ncc(C#N)n4n3)c2Cl)CC1O. The number of aromatic nitrogens is 4. The number of nitrogens with zero attached hydrogens (tertiary/aromatic N) is 7. The lowest BCUT2D eigenvalue weighted by molar-refractivity contribution is -0.120. The van der Waals surface area contributed by atoms with Crippen LogP contribution in [0.4, 0.5) is 23.1 Å². The molecule has 5 rings (SSSR count). The van der Waals surface area contributed by atoms with Crippen LogP contribution in [0.2, 0.25) is 5.02 Å². The van der Waals surface area contributed by atoms with Gasteiger partial charge in [-0.3, -0.25) is 4.79 Å². The van der Waals surface area contributed by atoms with Crippen LogP contribution in [0.25, 0.3) is 5.65 Å². The third kappa shape index (κ3) is 4.69. The van der Waals surface area contributed by atoms with E-state index in [1.54, 1.807) is 12.1 Å². The number of aliphatic hydroxyl groups excluding tert-OH is 1. The molecular weight excluding hydrogens is 484 g/mol. The van der Waals surface area contributed by atoms with Crippen molar-refractivity contribution in [2.45, 2.75) is 44.4 Å². The van der Waals surface area contributed by atoms with E-state index in [1.807, 2.05) is 4.90 Å². The number of hydrogen-bond acceptors (Lipinski definition) is 10. The Morgan fingerprint density at radius 2 is 2.06 bits per heavy atom. The first kappa shape index (κ1) is 23.6. The highest BCUT2D eigenvalue weighted by molar-refractivity contribution is 6.36. The lowest BCUT2D eigenvalue weighted by atomic mass is 10.0. The molecule has 4 N–H and O–H groups in total. The van der Waals surface area contributed by atoms with Gasteiger partial charge >= 0.3 is 0 Å². The van der Waals surface area contributed by atoms with Crippen molar-refractivity contribution >= 4 is 46.3 Å². The molecule has 3 heterocycles. The molecule has 12 nitrogen and oxygen atoms in total. The summed E-state index contributed by atoms with van der Waals surface area (Å²) in [7, 11) is 0. The molecule has 2 fully saturated rings. The Labute approximate surface area is 211 Å². The number of piperidine rings is 1. The van der Waals surface area contributed by atoms with E-state index in [1.165, 1.54) is 17.6 Å². The van der Waals surface area contributed by atoms with E-state index in [-0.39, 0.29) is 30.1 Å². The van der Waals surface area contributed by atoms with E-state index < -0.39 is 6.10 Å². The maximum absolute atomic E-state index is 11.4. The summed E-state index contributed by atoms with van der Waals surface area (Å²) in [5.74, 6) is 0.466. The van der Waals surface area contributed by atoms with Gasteiger partial charge in [-0.2, -0.15) is 20.0 Å². The number of aliphatic hydroxyl groups is 1. The Balaban J connectivity index is 1.48. The lowest BCUT2D eigenvalue weighted by Crippen LogP contribution is -2.53. The predicted octanol–water partition coefficient (Wildman–Crippen LogP) is 1.91. The number of amides is 1. The zero-order valence-corrected chi connectivity index (χ0v) is 20.1. The first-order valence-corrected chi connectivity index (χ1v) is 11.9. The molecule has 1 amide bonds. The van der Waals surface area contributed by atoms with E-state index in [9.17, 15) is 20.4 Å². The molecule has 13 heteroatoms. The summed E-state index contributed by atoms with van der Waals surface area (Å²) >= 11 is 6.77. The van der Waals surface area contributed by atoms with E-state index in [0.29, 0.717) is 52.4 Å². The fourth-order valence-electron chi connectivity index (χ4n) is 4.22. The maximum atomic E-state index is 11.4. The monoisotopic (exact) mass is 506 g/mol. The molecule has 3 aromatic rings. The van der Waals surface area contributed by atoms with Gasteiger partial charge in [0.1, 0.15) is 6.07 Å². The van der Waals surface area contributed by atoms with Gasteiger partial charge in [0.25, 0.3) is 0 Å². The number of carbonyl (C=O) groups is 1. The summed E-state index contributed by atoms with van der Waals surface area (Å²) < 4.78 is 1.41. The molecule has 0 bridgehead atoms. The number of imidazole rings is 1. The number of carbonyl (C=O) groups excluding carboxylic acids is 1. The standard InChI is InChI=1S/C23H23ClN10O2/c1-12(35)28-16-4-5-33(11-19(16)36)18-7-13(8-25)6-17(20(18)24)30-23-31-21(29-14-2-3-14)22-27-10-15(9-26)34(22)32-23/h6-7,10,14,16,19,36H,2-5,11H2,1H3,(H,28,35)(H2,29,30,31,32). The largest absolute Gasteiger partial charge is 0.389 e. The normalized spacial score (nSPS) is 19.4. The average molecular weight is 507 g/mol. The van der Waals surface area contributed by atoms with Crippen LogP contribution < -0.4 is 20.9 Å². The van der Waals surface area contributed by atoms with Gasteiger partial charge in [-0.1, -0.05) is 11.6 Å². The third-order valence-electron chi connectivity index (χ3n) is 6.14. The van der Waals surface area contributed by atoms with Crippen molar-refractivity contribution in [3.8, 4) is 12.1 Å². The number of fused-ring (bicyclic) bond motifs is 1. The molecule has 2 aliphatic rings. The van der Waals surface area contributed by atoms with Gasteiger partial charge in [0.05, 0.1) is 46.4 Å². The van der Waals surface area contributed by atoms with E-state index >= 15 is 0 Å². The first-order valence-electron chi connectivity index (χ1n) is 11.5. The second-order valence-corrected chi connectivity index (χ2v) is 9.27. The van der Waals surface area contributed by atoms with Gasteiger partial charge in [-0.25, -0.2) is 4.98 Å². The number of β-amino-alcohol motifs (C(OH)–C–C–N with tert-alkyl or cyclic N) is 1. The van der Waals surface area contributed by atoms with Gasteiger partial charge in [0.15, 0.2) is 17.2 Å². The quantitative estimate of drug-likeness (QED) is 0.387. The second-order valence-electron chi connectivity index (χ2n) is 8.90. The van der Waals surface area contributed by atoms with Crippen molar-refractivity contribution < 1.29 is 9.90 Å². The number of hydrogen-bond donors (Lipinski definition) is 4. The van der Waals surface area contributed by atoms with Crippen molar-refractivity contribution in [2.75, 3.05) is 28.6 Å². The Bertz CT molecular complexity index is 1420. The number of rotatable bonds is 6. The van der Waals surface area contributed by atoms with Crippen LogP contribution in [-0.4, -0.2) is 61.9 Å². The zero-order chi connectivity index (χ0) is 25.4. The topological polar surface area (TPSA) is 167 Å². The Morgan fingerprint density at radius 1 is 1.25 bits per heavy atom. The van der Waals surface area contributed by atoms with E-state index in [4.69, 9.17) is 11.6 Å². The van der Waals surface area contributed by atoms with Crippen LogP contribution in [0.5, 0.6) is 0 Å². The number of nitrogens with one attached hydrogen (secondary N) is 3. The Morgan fingerprint density at radius 3 is 2.72 bits per heavy atom. The molecule has 36 heavy (non-hydrogen) atoms. The van der Waals surface area contributed by atoms with Crippen molar-refractivity contribution in [3.63, 3.8) is 0 Å². The fourth-order valence-corrected chi connectivity index (χ4v) is 4.50. The molecule has 184 valence electrons. The smallest absolute Gasteiger partial charge is 0.247 e. The van der Waals surface area contributed by atoms with Crippen molar-refractivity contribution in [2.24, 2.45) is 0 Å². The van der Waals surface area contributed by atoms with Crippen LogP contribution in [0.1, 0.15) is 37.4 Å². The lowest BCUT2D eigenvalue weighted by Gasteiger charge is -2.38. The molecule has 1 aliphatic heterocycles. The fraction of sp³-hybridized carbons (Fsp3) is 0.391. The minimum atomic E-state index is -0.798. The average Bonchev–Trinajstić information content (AvgIpc) is 3.57. The van der Waals surface area contributed by atoms with Crippen molar-refractivity contribution in [1.29, 1.82) is 10.5 Å². The molecule has 1 aromatic carbocycles. The first-order chi connectivity index (χ1) is 17.4. The molecule has 0 radical (unpaired) electrons. The van der Waals surface area contributed by atoms with Gasteiger partial charge < -0.3 is 26.0 Å². The number of benzene rings is 1. The number of halogens is 1. The van der Waals surface area contributed by atoms with Gasteiger partial charge in [-0.15, -0.1) is 5.10 Å². The summed E-state index contributed by atoms with van der Waals surface area (Å²) in [6.45, 7) is 2.17. The summed E-state index contributed by atoms with van der Waals surface area (Å²) in [5, 5.41) is 43.6. The minimum Gasteiger partial charge on any atom is -0.389 e. The van der Waals surface area contributed by atoms with Crippen LogP contribution in [0.15, 0.2) is 18.3 Å². The minimum absolute atomic E-state index is 0.174.